The highest BCUT2D eigenvalue weighted by molar-refractivity contribution is 7.90. The van der Waals surface area contributed by atoms with E-state index in [0.29, 0.717) is 11.3 Å². The topological polar surface area (TPSA) is 63.2 Å². The van der Waals surface area contributed by atoms with Gasteiger partial charge in [-0.3, -0.25) is 4.79 Å². The van der Waals surface area contributed by atoms with Crippen LogP contribution in [0.15, 0.2) is 77.7 Å². The van der Waals surface area contributed by atoms with Crippen LogP contribution in [0.4, 0.5) is 5.69 Å². The molecule has 0 aliphatic carbocycles. The zero-order valence-corrected chi connectivity index (χ0v) is 15.4. The number of rotatable bonds is 4. The van der Waals surface area contributed by atoms with E-state index in [-0.39, 0.29) is 10.8 Å². The second-order valence-electron chi connectivity index (χ2n) is 6.15. The van der Waals surface area contributed by atoms with Gasteiger partial charge in [-0.15, -0.1) is 0 Å². The third-order valence-corrected chi connectivity index (χ3v) is 5.24. The summed E-state index contributed by atoms with van der Waals surface area (Å²) in [6.45, 7) is 1.78. The number of hydrogen-bond donors (Lipinski definition) is 1. The fraction of sp³-hybridized carbons (Fsp3) is 0.0952. The normalized spacial score (nSPS) is 11.2. The Morgan fingerprint density at radius 1 is 0.846 bits per heavy atom. The summed E-state index contributed by atoms with van der Waals surface area (Å²) in [6, 6.07) is 22.1. The maximum absolute atomic E-state index is 12.6. The number of aryl methyl sites for hydroxylation is 1. The van der Waals surface area contributed by atoms with Crippen LogP contribution in [0.25, 0.3) is 11.1 Å². The molecular formula is C21H19NO3S. The van der Waals surface area contributed by atoms with E-state index in [1.54, 1.807) is 13.0 Å². The summed E-state index contributed by atoms with van der Waals surface area (Å²) in [5.41, 5.74) is 3.87. The monoisotopic (exact) mass is 365 g/mol. The van der Waals surface area contributed by atoms with Crippen LogP contribution in [0.2, 0.25) is 0 Å². The number of carbonyl (C=O) groups is 1. The molecule has 0 saturated heterocycles. The van der Waals surface area contributed by atoms with Gasteiger partial charge in [0.05, 0.1) is 4.90 Å². The molecule has 1 N–H and O–H groups in total. The molecule has 0 saturated carbocycles. The predicted octanol–water partition coefficient (Wildman–Crippen LogP) is 4.32. The van der Waals surface area contributed by atoms with Crippen LogP contribution in [0, 0.1) is 6.92 Å². The lowest BCUT2D eigenvalue weighted by molar-refractivity contribution is 0.102. The Labute approximate surface area is 153 Å². The summed E-state index contributed by atoms with van der Waals surface area (Å²) in [4.78, 5) is 12.7. The lowest BCUT2D eigenvalue weighted by Gasteiger charge is -2.10. The van der Waals surface area contributed by atoms with E-state index in [1.165, 1.54) is 12.1 Å². The maximum Gasteiger partial charge on any atom is 0.255 e. The van der Waals surface area contributed by atoms with Crippen molar-refractivity contribution in [2.75, 3.05) is 11.6 Å². The Balaban J connectivity index is 1.82. The van der Waals surface area contributed by atoms with Crippen LogP contribution in [0.3, 0.4) is 0 Å². The third-order valence-electron chi connectivity index (χ3n) is 4.13. The van der Waals surface area contributed by atoms with Gasteiger partial charge in [0.15, 0.2) is 9.84 Å². The van der Waals surface area contributed by atoms with Gasteiger partial charge >= 0.3 is 0 Å². The average Bonchev–Trinajstić information content (AvgIpc) is 2.62. The Hall–Kier alpha value is -2.92. The zero-order valence-electron chi connectivity index (χ0n) is 14.6. The van der Waals surface area contributed by atoms with Gasteiger partial charge in [0, 0.05) is 17.5 Å². The highest BCUT2D eigenvalue weighted by atomic mass is 32.2. The van der Waals surface area contributed by atoms with Crippen molar-refractivity contribution in [2.45, 2.75) is 11.8 Å². The predicted molar refractivity (Wildman–Crippen MR) is 104 cm³/mol. The summed E-state index contributed by atoms with van der Waals surface area (Å²) < 4.78 is 23.4. The fourth-order valence-electron chi connectivity index (χ4n) is 2.65. The molecule has 0 bridgehead atoms. The first-order chi connectivity index (χ1) is 12.3. The Morgan fingerprint density at radius 2 is 1.46 bits per heavy atom. The molecule has 3 aromatic rings. The number of benzene rings is 3. The van der Waals surface area contributed by atoms with Crippen LogP contribution in [0.1, 0.15) is 15.9 Å². The summed E-state index contributed by atoms with van der Waals surface area (Å²) >= 11 is 0. The van der Waals surface area contributed by atoms with Crippen LogP contribution < -0.4 is 5.32 Å². The van der Waals surface area contributed by atoms with Gasteiger partial charge < -0.3 is 5.32 Å². The molecule has 0 radical (unpaired) electrons. The molecule has 0 aliphatic heterocycles. The van der Waals surface area contributed by atoms with Crippen molar-refractivity contribution in [3.63, 3.8) is 0 Å². The molecule has 0 aromatic heterocycles. The Kier molecular flexibility index (Phi) is 4.91. The molecule has 26 heavy (non-hydrogen) atoms. The number of hydrogen-bond acceptors (Lipinski definition) is 3. The molecule has 0 atom stereocenters. The van der Waals surface area contributed by atoms with Gasteiger partial charge in [-0.05, 0) is 47.9 Å². The van der Waals surface area contributed by atoms with Gasteiger partial charge in [0.25, 0.3) is 5.91 Å². The van der Waals surface area contributed by atoms with Crippen molar-refractivity contribution in [3.8, 4) is 11.1 Å². The van der Waals surface area contributed by atoms with Crippen molar-refractivity contribution in [3.05, 3.63) is 83.9 Å². The minimum Gasteiger partial charge on any atom is -0.322 e. The average molecular weight is 365 g/mol. The lowest BCUT2D eigenvalue weighted by Crippen LogP contribution is -2.14. The summed E-state index contributed by atoms with van der Waals surface area (Å²) in [7, 11) is -3.36. The number of anilines is 1. The third kappa shape index (κ3) is 4.00. The summed E-state index contributed by atoms with van der Waals surface area (Å²) in [6.07, 6.45) is 1.13. The standard InChI is InChI=1S/C21H19NO3S/c1-15-8-13-19(26(2,24)25)14-20(15)21(23)22-18-11-9-17(10-12-18)16-6-4-3-5-7-16/h3-14H,1-2H3,(H,22,23). The molecule has 0 spiro atoms. The quantitative estimate of drug-likeness (QED) is 0.749. The highest BCUT2D eigenvalue weighted by Crippen LogP contribution is 2.22. The van der Waals surface area contributed by atoms with E-state index in [1.807, 2.05) is 54.6 Å². The molecule has 0 fully saturated rings. The van der Waals surface area contributed by atoms with E-state index in [9.17, 15) is 13.2 Å². The highest BCUT2D eigenvalue weighted by Gasteiger charge is 2.14. The SMILES string of the molecule is Cc1ccc(S(C)(=O)=O)cc1C(=O)Nc1ccc(-c2ccccc2)cc1. The first kappa shape index (κ1) is 17.9. The van der Waals surface area contributed by atoms with Gasteiger partial charge in [-0.25, -0.2) is 8.42 Å². The van der Waals surface area contributed by atoms with Gasteiger partial charge in [-0.2, -0.15) is 0 Å². The fourth-order valence-corrected chi connectivity index (χ4v) is 3.30. The molecule has 5 heteroatoms. The zero-order chi connectivity index (χ0) is 18.7. The molecule has 3 aromatic carbocycles. The minimum absolute atomic E-state index is 0.132. The van der Waals surface area contributed by atoms with E-state index >= 15 is 0 Å². The summed E-state index contributed by atoms with van der Waals surface area (Å²) in [5.74, 6) is -0.333. The Bertz CT molecular complexity index is 1040. The van der Waals surface area contributed by atoms with Gasteiger partial charge in [0.1, 0.15) is 0 Å². The molecule has 4 nitrogen and oxygen atoms in total. The molecule has 0 aliphatic rings. The van der Waals surface area contributed by atoms with Crippen molar-refractivity contribution in [1.29, 1.82) is 0 Å². The summed E-state index contributed by atoms with van der Waals surface area (Å²) in [5, 5.41) is 2.82. The van der Waals surface area contributed by atoms with Crippen LogP contribution in [-0.4, -0.2) is 20.6 Å². The van der Waals surface area contributed by atoms with E-state index < -0.39 is 9.84 Å². The maximum atomic E-state index is 12.6. The van der Waals surface area contributed by atoms with Gasteiger partial charge in [0.2, 0.25) is 0 Å². The van der Waals surface area contributed by atoms with Crippen LogP contribution >= 0.6 is 0 Å². The molecule has 0 heterocycles. The number of carbonyl (C=O) groups excluding carboxylic acids is 1. The smallest absolute Gasteiger partial charge is 0.255 e. The molecular weight excluding hydrogens is 346 g/mol. The van der Waals surface area contributed by atoms with E-state index in [4.69, 9.17) is 0 Å². The first-order valence-corrected chi connectivity index (χ1v) is 10.0. The van der Waals surface area contributed by atoms with Crippen LogP contribution in [0.5, 0.6) is 0 Å². The Morgan fingerprint density at radius 3 is 2.08 bits per heavy atom. The van der Waals surface area contributed by atoms with Crippen molar-refractivity contribution >= 4 is 21.4 Å². The number of sulfone groups is 1. The lowest BCUT2D eigenvalue weighted by atomic mass is 10.1. The second kappa shape index (κ2) is 7.14. The molecule has 0 unspecified atom stereocenters. The van der Waals surface area contributed by atoms with Crippen molar-refractivity contribution in [2.24, 2.45) is 0 Å². The number of amides is 1. The number of nitrogens with one attached hydrogen (secondary N) is 1. The van der Waals surface area contributed by atoms with Crippen molar-refractivity contribution < 1.29 is 13.2 Å². The molecule has 1 amide bonds. The van der Waals surface area contributed by atoms with Crippen molar-refractivity contribution in [1.82, 2.24) is 0 Å². The first-order valence-electron chi connectivity index (χ1n) is 8.12. The molecule has 132 valence electrons. The van der Waals surface area contributed by atoms with E-state index in [0.717, 1.165) is 22.9 Å². The minimum atomic E-state index is -3.36. The molecule has 3 rings (SSSR count). The largest absolute Gasteiger partial charge is 0.322 e. The second-order valence-corrected chi connectivity index (χ2v) is 8.16. The van der Waals surface area contributed by atoms with E-state index in [2.05, 4.69) is 5.32 Å². The van der Waals surface area contributed by atoms with Gasteiger partial charge in [-0.1, -0.05) is 48.5 Å². The van der Waals surface area contributed by atoms with Crippen LogP contribution in [-0.2, 0) is 9.84 Å².